The molecule has 0 bridgehead atoms. The summed E-state index contributed by atoms with van der Waals surface area (Å²) in [6.45, 7) is 1.70. The number of carbonyl (C=O) groups excluding carboxylic acids is 2. The molecule has 0 aliphatic carbocycles. The minimum absolute atomic E-state index is 0.140. The smallest absolute Gasteiger partial charge is 0.339 e. The Hall–Kier alpha value is -4.49. The molecule has 0 unspecified atom stereocenters. The molecule has 180 valence electrons. The van der Waals surface area contributed by atoms with E-state index in [1.165, 1.54) is 17.4 Å². The first-order chi connectivity index (χ1) is 17.5. The molecule has 0 saturated carbocycles. The van der Waals surface area contributed by atoms with Gasteiger partial charge in [-0.1, -0.05) is 67.6 Å². The van der Waals surface area contributed by atoms with Crippen molar-refractivity contribution in [1.82, 2.24) is 4.98 Å². The van der Waals surface area contributed by atoms with Gasteiger partial charge in [-0.05, 0) is 40.8 Å². The molecular formula is C29H23NO5S. The molecule has 0 amide bonds. The third-order valence-electron chi connectivity index (χ3n) is 5.35. The molecule has 2 N–H and O–H groups in total. The number of ether oxygens (including phenoxy) is 1. The molecule has 2 heterocycles. The van der Waals surface area contributed by atoms with Gasteiger partial charge in [0.1, 0.15) is 11.3 Å². The van der Waals surface area contributed by atoms with Crippen LogP contribution < -0.4 is 4.74 Å². The van der Waals surface area contributed by atoms with Gasteiger partial charge in [0, 0.05) is 23.4 Å². The van der Waals surface area contributed by atoms with Crippen LogP contribution >= 0.6 is 11.3 Å². The largest absolute Gasteiger partial charge is 0.478 e. The number of hydrogen-bond donors (Lipinski definition) is 2. The van der Waals surface area contributed by atoms with Gasteiger partial charge in [0.05, 0.1) is 4.88 Å². The van der Waals surface area contributed by atoms with E-state index >= 15 is 0 Å². The molecule has 7 heteroatoms. The second kappa shape index (κ2) is 11.3. The fraction of sp³-hybridized carbons (Fsp3) is 0.0690. The Morgan fingerprint density at radius 2 is 1.56 bits per heavy atom. The highest BCUT2D eigenvalue weighted by Crippen LogP contribution is 2.28. The Balaban J connectivity index is 0.000000170. The minimum Gasteiger partial charge on any atom is -0.478 e. The topological polar surface area (TPSA) is 96.5 Å². The van der Waals surface area contributed by atoms with Gasteiger partial charge in [-0.3, -0.25) is 9.59 Å². The van der Waals surface area contributed by atoms with Gasteiger partial charge < -0.3 is 14.8 Å². The lowest BCUT2D eigenvalue weighted by Crippen LogP contribution is -2.10. The molecule has 0 atom stereocenters. The van der Waals surface area contributed by atoms with Crippen molar-refractivity contribution in [1.29, 1.82) is 0 Å². The summed E-state index contributed by atoms with van der Waals surface area (Å²) in [5, 5.41) is 12.0. The number of fused-ring (bicyclic) bond motifs is 1. The van der Waals surface area contributed by atoms with Crippen LogP contribution in [0.3, 0.4) is 0 Å². The van der Waals surface area contributed by atoms with Crippen LogP contribution in [0.2, 0.25) is 0 Å². The maximum Gasteiger partial charge on any atom is 0.339 e. The normalized spacial score (nSPS) is 10.4. The van der Waals surface area contributed by atoms with Crippen molar-refractivity contribution in [2.75, 3.05) is 0 Å². The summed E-state index contributed by atoms with van der Waals surface area (Å²) >= 11 is 1.33. The van der Waals surface area contributed by atoms with Crippen LogP contribution in [0.1, 0.15) is 33.4 Å². The molecule has 6 nitrogen and oxygen atoms in total. The van der Waals surface area contributed by atoms with E-state index in [1.807, 2.05) is 66.0 Å². The number of thiophene rings is 1. The van der Waals surface area contributed by atoms with E-state index in [1.54, 1.807) is 31.2 Å². The van der Waals surface area contributed by atoms with Crippen LogP contribution in [-0.2, 0) is 4.79 Å². The van der Waals surface area contributed by atoms with Gasteiger partial charge in [-0.25, -0.2) is 4.79 Å². The number of carboxylic acids is 1. The minimum atomic E-state index is -1.01. The molecule has 0 fully saturated rings. The molecular weight excluding hydrogens is 474 g/mol. The number of carboxylic acid groups (broad SMARTS) is 1. The van der Waals surface area contributed by atoms with E-state index < -0.39 is 5.97 Å². The fourth-order valence-electron chi connectivity index (χ4n) is 3.49. The third kappa shape index (κ3) is 5.76. The molecule has 5 rings (SSSR count). The second-order valence-electron chi connectivity index (χ2n) is 7.80. The Labute approximate surface area is 211 Å². The van der Waals surface area contributed by atoms with Crippen LogP contribution in [0, 0.1) is 0 Å². The van der Waals surface area contributed by atoms with Crippen molar-refractivity contribution in [3.05, 3.63) is 107 Å². The van der Waals surface area contributed by atoms with Crippen molar-refractivity contribution in [2.45, 2.75) is 13.3 Å². The lowest BCUT2D eigenvalue weighted by molar-refractivity contribution is -0.114. The SMILES string of the molecule is CCC(=O)C(=O)c1cc(-c2ccccc2)cs1.O=C(O)c1ccccc1Oc1cc2ccccc2[nH]1. The van der Waals surface area contributed by atoms with E-state index in [0.717, 1.165) is 22.0 Å². The maximum absolute atomic E-state index is 11.7. The average Bonchev–Trinajstić information content (AvgIpc) is 3.56. The Morgan fingerprint density at radius 3 is 2.28 bits per heavy atom. The third-order valence-corrected chi connectivity index (χ3v) is 6.28. The molecule has 36 heavy (non-hydrogen) atoms. The van der Waals surface area contributed by atoms with E-state index in [2.05, 4.69) is 4.98 Å². The molecule has 0 spiro atoms. The maximum atomic E-state index is 11.7. The van der Waals surface area contributed by atoms with Gasteiger partial charge in [0.15, 0.2) is 5.88 Å². The Bertz CT molecular complexity index is 1480. The van der Waals surface area contributed by atoms with Gasteiger partial charge in [-0.15, -0.1) is 11.3 Å². The molecule has 0 aliphatic rings. The Morgan fingerprint density at radius 1 is 0.861 bits per heavy atom. The van der Waals surface area contributed by atoms with Crippen molar-refractivity contribution in [2.24, 2.45) is 0 Å². The average molecular weight is 498 g/mol. The summed E-state index contributed by atoms with van der Waals surface area (Å²) in [7, 11) is 0. The number of aromatic amines is 1. The molecule has 3 aromatic carbocycles. The number of aromatic nitrogens is 1. The number of hydrogen-bond acceptors (Lipinski definition) is 5. The molecule has 5 aromatic rings. The molecule has 0 saturated heterocycles. The summed E-state index contributed by atoms with van der Waals surface area (Å²) in [4.78, 5) is 37.7. The number of carbonyl (C=O) groups is 3. The van der Waals surface area contributed by atoms with Gasteiger partial charge in [0.2, 0.25) is 11.6 Å². The van der Waals surface area contributed by atoms with Gasteiger partial charge in [-0.2, -0.15) is 0 Å². The number of ketones is 2. The quantitative estimate of drug-likeness (QED) is 0.183. The van der Waals surface area contributed by atoms with E-state index in [4.69, 9.17) is 9.84 Å². The van der Waals surface area contributed by atoms with Crippen LogP contribution in [0.15, 0.2) is 96.4 Å². The summed E-state index contributed by atoms with van der Waals surface area (Å²) in [6, 6.07) is 27.8. The van der Waals surface area contributed by atoms with Crippen molar-refractivity contribution in [3.63, 3.8) is 0 Å². The van der Waals surface area contributed by atoms with Crippen molar-refractivity contribution < 1.29 is 24.2 Å². The summed E-state index contributed by atoms with van der Waals surface area (Å²) in [5.41, 5.74) is 3.14. The first kappa shape index (κ1) is 24.6. The predicted molar refractivity (Wildman–Crippen MR) is 141 cm³/mol. The van der Waals surface area contributed by atoms with Crippen LogP contribution in [0.4, 0.5) is 0 Å². The zero-order valence-electron chi connectivity index (χ0n) is 19.4. The molecule has 0 radical (unpaired) electrons. The van der Waals surface area contributed by atoms with Gasteiger partial charge in [0.25, 0.3) is 0 Å². The molecule has 2 aromatic heterocycles. The van der Waals surface area contributed by atoms with E-state index in [0.29, 0.717) is 16.5 Å². The predicted octanol–water partition coefficient (Wildman–Crippen LogP) is 7.24. The number of para-hydroxylation sites is 2. The summed E-state index contributed by atoms with van der Waals surface area (Å²) in [5.74, 6) is -0.866. The first-order valence-corrected chi connectivity index (χ1v) is 12.1. The highest BCUT2D eigenvalue weighted by atomic mass is 32.1. The highest BCUT2D eigenvalue weighted by molar-refractivity contribution is 7.13. The van der Waals surface area contributed by atoms with E-state index in [-0.39, 0.29) is 23.6 Å². The van der Waals surface area contributed by atoms with Gasteiger partial charge >= 0.3 is 5.97 Å². The lowest BCUT2D eigenvalue weighted by Gasteiger charge is -2.05. The van der Waals surface area contributed by atoms with Crippen molar-refractivity contribution in [3.8, 4) is 22.8 Å². The monoisotopic (exact) mass is 497 g/mol. The number of nitrogens with one attached hydrogen (secondary N) is 1. The number of rotatable bonds is 7. The number of Topliss-reactive ketones (excluding diaryl/α,β-unsaturated/α-hetero) is 2. The molecule has 0 aliphatic heterocycles. The highest BCUT2D eigenvalue weighted by Gasteiger charge is 2.16. The van der Waals surface area contributed by atoms with Crippen LogP contribution in [0.5, 0.6) is 11.6 Å². The summed E-state index contributed by atoms with van der Waals surface area (Å²) in [6.07, 6.45) is 0.261. The number of benzene rings is 3. The zero-order chi connectivity index (χ0) is 25.5. The fourth-order valence-corrected chi connectivity index (χ4v) is 4.36. The first-order valence-electron chi connectivity index (χ1n) is 11.3. The zero-order valence-corrected chi connectivity index (χ0v) is 20.2. The lowest BCUT2D eigenvalue weighted by atomic mass is 10.1. The van der Waals surface area contributed by atoms with Crippen molar-refractivity contribution >= 4 is 39.8 Å². The van der Waals surface area contributed by atoms with Crippen LogP contribution in [0.25, 0.3) is 22.0 Å². The number of aromatic carboxylic acids is 1. The second-order valence-corrected chi connectivity index (χ2v) is 8.71. The number of H-pyrrole nitrogens is 1. The van der Waals surface area contributed by atoms with E-state index in [9.17, 15) is 14.4 Å². The van der Waals surface area contributed by atoms with Crippen LogP contribution in [-0.4, -0.2) is 27.6 Å². The standard InChI is InChI=1S/C15H11NO3.C14H12O2S/c17-15(18)11-6-2-4-8-13(11)19-14-9-10-5-1-3-7-12(10)16-14;1-2-12(15)14(16)13-8-11(9-17-13)10-6-4-3-5-7-10/h1-9,16H,(H,17,18);3-9H,2H2,1H3. The summed E-state index contributed by atoms with van der Waals surface area (Å²) < 4.78 is 5.62. The Kier molecular flexibility index (Phi) is 7.72.